The molecule has 142 valence electrons. The highest BCUT2D eigenvalue weighted by atomic mass is 19.4. The smallest absolute Gasteiger partial charge is 0.416 e. The highest BCUT2D eigenvalue weighted by molar-refractivity contribution is 5.39. The molecule has 0 radical (unpaired) electrons. The normalized spacial score (nSPS) is 11.2. The van der Waals surface area contributed by atoms with Crippen molar-refractivity contribution in [3.63, 3.8) is 0 Å². The van der Waals surface area contributed by atoms with E-state index >= 15 is 0 Å². The minimum atomic E-state index is -4.38. The van der Waals surface area contributed by atoms with Gasteiger partial charge in [-0.05, 0) is 37.3 Å². The van der Waals surface area contributed by atoms with E-state index in [1.165, 1.54) is 12.1 Å². The molecule has 0 N–H and O–H groups in total. The fraction of sp³-hybridized carbons (Fsp3) is 0.368. The summed E-state index contributed by atoms with van der Waals surface area (Å²) in [7, 11) is 0. The summed E-state index contributed by atoms with van der Waals surface area (Å²) in [6.45, 7) is 3.48. The summed E-state index contributed by atoms with van der Waals surface area (Å²) in [6.07, 6.45) is -4.38. The van der Waals surface area contributed by atoms with Gasteiger partial charge in [0.05, 0.1) is 25.4 Å². The Morgan fingerprint density at radius 1 is 0.769 bits per heavy atom. The Labute approximate surface area is 150 Å². The van der Waals surface area contributed by atoms with E-state index in [1.807, 2.05) is 31.2 Å². The Morgan fingerprint density at radius 3 is 2.08 bits per heavy atom. The van der Waals surface area contributed by atoms with E-state index in [0.29, 0.717) is 31.3 Å². The van der Waals surface area contributed by atoms with Crippen molar-refractivity contribution in [2.24, 2.45) is 0 Å². The number of halogens is 3. The third kappa shape index (κ3) is 6.48. The predicted octanol–water partition coefficient (Wildman–Crippen LogP) is 4.58. The zero-order valence-corrected chi connectivity index (χ0v) is 14.4. The number of hydrogen-bond donors (Lipinski definition) is 0. The summed E-state index contributed by atoms with van der Waals surface area (Å²) >= 11 is 0. The maximum Gasteiger partial charge on any atom is 0.416 e. The van der Waals surface area contributed by atoms with E-state index < -0.39 is 11.7 Å². The lowest BCUT2D eigenvalue weighted by molar-refractivity contribution is -0.137. The lowest BCUT2D eigenvalue weighted by Crippen LogP contribution is -2.12. The standard InChI is InChI=1S/C19H21F3O4/c1-2-24-17-8-3-4-9-18(17)26-13-11-23-10-12-25-16-7-5-6-15(14-16)19(20,21)22/h3-9,14H,2,10-13H2,1H3. The summed E-state index contributed by atoms with van der Waals surface area (Å²) in [5.74, 6) is 1.46. The van der Waals surface area contributed by atoms with Crippen molar-refractivity contribution < 1.29 is 32.1 Å². The average Bonchev–Trinajstić information content (AvgIpc) is 2.62. The second-order valence-corrected chi connectivity index (χ2v) is 5.21. The van der Waals surface area contributed by atoms with Crippen LogP contribution in [0.15, 0.2) is 48.5 Å². The molecule has 2 aromatic carbocycles. The molecule has 0 atom stereocenters. The van der Waals surface area contributed by atoms with Gasteiger partial charge in [0.15, 0.2) is 11.5 Å². The summed E-state index contributed by atoms with van der Waals surface area (Å²) in [5.41, 5.74) is -0.739. The first kappa shape index (κ1) is 19.9. The van der Waals surface area contributed by atoms with E-state index in [0.717, 1.165) is 12.1 Å². The largest absolute Gasteiger partial charge is 0.491 e. The number of hydrogen-bond acceptors (Lipinski definition) is 4. The number of benzene rings is 2. The van der Waals surface area contributed by atoms with E-state index in [9.17, 15) is 13.2 Å². The number of ether oxygens (including phenoxy) is 4. The third-order valence-electron chi connectivity index (χ3n) is 3.29. The first-order valence-corrected chi connectivity index (χ1v) is 8.23. The van der Waals surface area contributed by atoms with Crippen LogP contribution in [0.25, 0.3) is 0 Å². The van der Waals surface area contributed by atoms with Crippen molar-refractivity contribution in [2.75, 3.05) is 33.0 Å². The van der Waals surface area contributed by atoms with Crippen LogP contribution in [0.2, 0.25) is 0 Å². The van der Waals surface area contributed by atoms with Gasteiger partial charge in [-0.2, -0.15) is 13.2 Å². The lowest BCUT2D eigenvalue weighted by atomic mass is 10.2. The van der Waals surface area contributed by atoms with Crippen LogP contribution in [0, 0.1) is 0 Å². The van der Waals surface area contributed by atoms with Crippen LogP contribution in [-0.2, 0) is 10.9 Å². The fourth-order valence-corrected chi connectivity index (χ4v) is 2.14. The van der Waals surface area contributed by atoms with E-state index in [1.54, 1.807) is 0 Å². The first-order valence-electron chi connectivity index (χ1n) is 8.23. The molecule has 0 amide bonds. The van der Waals surface area contributed by atoms with Gasteiger partial charge in [-0.1, -0.05) is 18.2 Å². The molecular formula is C19H21F3O4. The first-order chi connectivity index (χ1) is 12.5. The molecule has 26 heavy (non-hydrogen) atoms. The van der Waals surface area contributed by atoms with Crippen molar-refractivity contribution in [3.05, 3.63) is 54.1 Å². The molecule has 0 aliphatic carbocycles. The van der Waals surface area contributed by atoms with Crippen LogP contribution in [0.4, 0.5) is 13.2 Å². The Kier molecular flexibility index (Phi) is 7.59. The molecule has 0 saturated heterocycles. The summed E-state index contributed by atoms with van der Waals surface area (Å²) in [6, 6.07) is 12.1. The lowest BCUT2D eigenvalue weighted by Gasteiger charge is -2.12. The van der Waals surface area contributed by atoms with Gasteiger partial charge in [-0.3, -0.25) is 0 Å². The average molecular weight is 370 g/mol. The Balaban J connectivity index is 1.64. The van der Waals surface area contributed by atoms with Crippen LogP contribution in [0.3, 0.4) is 0 Å². The fourth-order valence-electron chi connectivity index (χ4n) is 2.14. The molecule has 0 aliphatic rings. The molecule has 0 bridgehead atoms. The Bertz CT molecular complexity index is 674. The molecule has 0 aliphatic heterocycles. The summed E-state index contributed by atoms with van der Waals surface area (Å²) in [5, 5.41) is 0. The number of alkyl halides is 3. The highest BCUT2D eigenvalue weighted by Crippen LogP contribution is 2.31. The van der Waals surface area contributed by atoms with E-state index in [-0.39, 0.29) is 19.0 Å². The van der Waals surface area contributed by atoms with Gasteiger partial charge in [-0.25, -0.2) is 0 Å². The van der Waals surface area contributed by atoms with Gasteiger partial charge in [0.1, 0.15) is 19.0 Å². The Morgan fingerprint density at radius 2 is 1.42 bits per heavy atom. The van der Waals surface area contributed by atoms with E-state index in [4.69, 9.17) is 18.9 Å². The van der Waals surface area contributed by atoms with Crippen molar-refractivity contribution >= 4 is 0 Å². The second kappa shape index (κ2) is 9.91. The van der Waals surface area contributed by atoms with Crippen molar-refractivity contribution in [2.45, 2.75) is 13.1 Å². The molecule has 0 saturated carbocycles. The van der Waals surface area contributed by atoms with Gasteiger partial charge >= 0.3 is 6.18 Å². The SMILES string of the molecule is CCOc1ccccc1OCCOCCOc1cccc(C(F)(F)F)c1. The molecule has 0 heterocycles. The maximum absolute atomic E-state index is 12.6. The summed E-state index contributed by atoms with van der Waals surface area (Å²) < 4.78 is 59.5. The van der Waals surface area contributed by atoms with Crippen LogP contribution in [0.5, 0.6) is 17.2 Å². The zero-order chi connectivity index (χ0) is 18.8. The Hall–Kier alpha value is -2.41. The van der Waals surface area contributed by atoms with Gasteiger partial charge in [0.2, 0.25) is 0 Å². The third-order valence-corrected chi connectivity index (χ3v) is 3.29. The highest BCUT2D eigenvalue weighted by Gasteiger charge is 2.30. The number of para-hydroxylation sites is 2. The van der Waals surface area contributed by atoms with Crippen LogP contribution >= 0.6 is 0 Å². The minimum Gasteiger partial charge on any atom is -0.491 e. The monoisotopic (exact) mass is 370 g/mol. The quantitative estimate of drug-likeness (QED) is 0.574. The van der Waals surface area contributed by atoms with Gasteiger partial charge in [-0.15, -0.1) is 0 Å². The molecule has 0 aromatic heterocycles. The van der Waals surface area contributed by atoms with E-state index in [2.05, 4.69) is 0 Å². The van der Waals surface area contributed by atoms with Crippen LogP contribution < -0.4 is 14.2 Å². The minimum absolute atomic E-state index is 0.150. The topological polar surface area (TPSA) is 36.9 Å². The van der Waals surface area contributed by atoms with Gasteiger partial charge < -0.3 is 18.9 Å². The summed E-state index contributed by atoms with van der Waals surface area (Å²) in [4.78, 5) is 0. The molecular weight excluding hydrogens is 349 g/mol. The molecule has 2 aromatic rings. The molecule has 4 nitrogen and oxygen atoms in total. The second-order valence-electron chi connectivity index (χ2n) is 5.21. The van der Waals surface area contributed by atoms with Gasteiger partial charge in [0.25, 0.3) is 0 Å². The number of rotatable bonds is 10. The van der Waals surface area contributed by atoms with Crippen LogP contribution in [0.1, 0.15) is 12.5 Å². The zero-order valence-electron chi connectivity index (χ0n) is 14.4. The molecule has 0 unspecified atom stereocenters. The molecule has 2 rings (SSSR count). The molecule has 0 fully saturated rings. The predicted molar refractivity (Wildman–Crippen MR) is 90.9 cm³/mol. The maximum atomic E-state index is 12.6. The van der Waals surface area contributed by atoms with Crippen molar-refractivity contribution in [3.8, 4) is 17.2 Å². The van der Waals surface area contributed by atoms with Crippen molar-refractivity contribution in [1.82, 2.24) is 0 Å². The molecule has 0 spiro atoms. The van der Waals surface area contributed by atoms with Crippen molar-refractivity contribution in [1.29, 1.82) is 0 Å². The molecule has 7 heteroatoms. The van der Waals surface area contributed by atoms with Gasteiger partial charge in [0, 0.05) is 0 Å². The van der Waals surface area contributed by atoms with Crippen LogP contribution in [-0.4, -0.2) is 33.0 Å².